The zero-order valence-corrected chi connectivity index (χ0v) is 12.1. The largest absolute Gasteiger partial charge is 0.352 e. The number of carbonyl (C=O) groups is 2. The lowest BCUT2D eigenvalue weighted by molar-refractivity contribution is -0.136. The number of carbonyl (C=O) groups excluding carboxylic acids is 2. The van der Waals surface area contributed by atoms with Crippen molar-refractivity contribution in [2.75, 3.05) is 26.2 Å². The molecule has 2 aliphatic rings. The maximum Gasteiger partial charge on any atom is 0.312 e. The van der Waals surface area contributed by atoms with Crippen LogP contribution >= 0.6 is 0 Å². The van der Waals surface area contributed by atoms with Gasteiger partial charge in [-0.2, -0.15) is 0 Å². The van der Waals surface area contributed by atoms with E-state index in [1.807, 2.05) is 4.90 Å². The maximum atomic E-state index is 12.4. The van der Waals surface area contributed by atoms with Gasteiger partial charge in [0.05, 0.1) is 0 Å². The minimum atomic E-state index is -0.495. The van der Waals surface area contributed by atoms with Crippen LogP contribution in [0.5, 0.6) is 0 Å². The first kappa shape index (κ1) is 15.1. The quantitative estimate of drug-likeness (QED) is 0.680. The van der Waals surface area contributed by atoms with E-state index in [9.17, 15) is 9.59 Å². The lowest BCUT2D eigenvalue weighted by atomic mass is 9.66. The summed E-state index contributed by atoms with van der Waals surface area (Å²) in [6.07, 6.45) is 5.96. The molecular formula is C14H26N4O2. The molecule has 1 aliphatic heterocycles. The minimum Gasteiger partial charge on any atom is -0.352 e. The Hall–Kier alpha value is -1.30. The first-order chi connectivity index (χ1) is 9.54. The number of nitrogens with zero attached hydrogens (tertiary/aromatic N) is 1. The van der Waals surface area contributed by atoms with Crippen LogP contribution < -0.4 is 16.8 Å². The molecular weight excluding hydrogens is 256 g/mol. The van der Waals surface area contributed by atoms with Gasteiger partial charge in [0.25, 0.3) is 0 Å². The Morgan fingerprint density at radius 2 is 2.05 bits per heavy atom. The van der Waals surface area contributed by atoms with Gasteiger partial charge in [0, 0.05) is 26.1 Å². The summed E-state index contributed by atoms with van der Waals surface area (Å²) in [6, 6.07) is -0.495. The zero-order valence-electron chi connectivity index (χ0n) is 12.1. The molecule has 3 amide bonds. The summed E-state index contributed by atoms with van der Waals surface area (Å²) in [5.74, 6) is 0.536. The Morgan fingerprint density at radius 3 is 2.60 bits per heavy atom. The van der Waals surface area contributed by atoms with Crippen LogP contribution in [0.2, 0.25) is 0 Å². The fourth-order valence-electron chi connectivity index (χ4n) is 3.27. The van der Waals surface area contributed by atoms with Crippen LogP contribution in [-0.2, 0) is 4.79 Å². The predicted molar refractivity (Wildman–Crippen MR) is 76.8 cm³/mol. The third kappa shape index (κ3) is 3.62. The number of nitrogens with two attached hydrogens (primary N) is 2. The zero-order chi connectivity index (χ0) is 14.6. The number of likely N-dealkylation sites (tertiary alicyclic amines) is 1. The smallest absolute Gasteiger partial charge is 0.312 e. The van der Waals surface area contributed by atoms with Gasteiger partial charge in [0.15, 0.2) is 0 Å². The SMILES string of the molecule is NCC1(CC(=O)N2CCCC(CNC(N)=O)C2)CCC1. The number of hydrogen-bond acceptors (Lipinski definition) is 3. The van der Waals surface area contributed by atoms with Crippen LogP contribution in [0.25, 0.3) is 0 Å². The van der Waals surface area contributed by atoms with E-state index in [2.05, 4.69) is 5.32 Å². The van der Waals surface area contributed by atoms with Gasteiger partial charge in [-0.1, -0.05) is 6.42 Å². The lowest BCUT2D eigenvalue weighted by Gasteiger charge is -2.42. The number of hydrogen-bond donors (Lipinski definition) is 3. The lowest BCUT2D eigenvalue weighted by Crippen LogP contribution is -2.48. The molecule has 20 heavy (non-hydrogen) atoms. The summed E-state index contributed by atoms with van der Waals surface area (Å²) < 4.78 is 0. The molecule has 2 rings (SSSR count). The molecule has 0 aromatic heterocycles. The summed E-state index contributed by atoms with van der Waals surface area (Å²) >= 11 is 0. The average molecular weight is 282 g/mol. The van der Waals surface area contributed by atoms with Gasteiger partial charge >= 0.3 is 6.03 Å². The average Bonchev–Trinajstić information content (AvgIpc) is 2.40. The molecule has 2 fully saturated rings. The van der Waals surface area contributed by atoms with E-state index in [0.717, 1.165) is 38.8 Å². The number of primary amides is 1. The summed E-state index contributed by atoms with van der Waals surface area (Å²) in [6.45, 7) is 2.71. The van der Waals surface area contributed by atoms with E-state index < -0.39 is 6.03 Å². The Morgan fingerprint density at radius 1 is 1.30 bits per heavy atom. The second kappa shape index (κ2) is 6.43. The number of amides is 3. The van der Waals surface area contributed by atoms with E-state index in [4.69, 9.17) is 11.5 Å². The highest BCUT2D eigenvalue weighted by molar-refractivity contribution is 5.77. The number of rotatable bonds is 5. The highest BCUT2D eigenvalue weighted by atomic mass is 16.2. The summed E-state index contributed by atoms with van der Waals surface area (Å²) in [5, 5.41) is 2.64. The summed E-state index contributed by atoms with van der Waals surface area (Å²) in [5.41, 5.74) is 11.0. The standard InChI is InChI=1S/C14H26N4O2/c15-10-14(4-2-5-14)7-12(19)18-6-1-3-11(9-18)8-17-13(16)20/h11H,1-10,15H2,(H3,16,17,20). The van der Waals surface area contributed by atoms with Crippen molar-refractivity contribution < 1.29 is 9.59 Å². The highest BCUT2D eigenvalue weighted by Gasteiger charge is 2.39. The minimum absolute atomic E-state index is 0.0650. The normalized spacial score (nSPS) is 24.9. The summed E-state index contributed by atoms with van der Waals surface area (Å²) in [4.78, 5) is 25.1. The molecule has 1 saturated carbocycles. The molecule has 0 radical (unpaired) electrons. The van der Waals surface area contributed by atoms with Gasteiger partial charge < -0.3 is 21.7 Å². The second-order valence-corrected chi connectivity index (χ2v) is 6.33. The Balaban J connectivity index is 1.82. The van der Waals surface area contributed by atoms with E-state index >= 15 is 0 Å². The molecule has 1 aliphatic carbocycles. The molecule has 6 nitrogen and oxygen atoms in total. The predicted octanol–water partition coefficient (Wildman–Crippen LogP) is 0.412. The topological polar surface area (TPSA) is 101 Å². The number of urea groups is 1. The van der Waals surface area contributed by atoms with Gasteiger partial charge in [-0.15, -0.1) is 0 Å². The van der Waals surface area contributed by atoms with Crippen LogP contribution in [0.3, 0.4) is 0 Å². The van der Waals surface area contributed by atoms with Crippen molar-refractivity contribution in [1.29, 1.82) is 0 Å². The molecule has 1 saturated heterocycles. The Kier molecular flexibility index (Phi) is 4.86. The van der Waals surface area contributed by atoms with Crippen LogP contribution in [0.4, 0.5) is 4.79 Å². The van der Waals surface area contributed by atoms with Gasteiger partial charge in [0.2, 0.25) is 5.91 Å². The first-order valence-corrected chi connectivity index (χ1v) is 7.56. The molecule has 1 atom stereocenters. The van der Waals surface area contributed by atoms with Crippen LogP contribution in [0.15, 0.2) is 0 Å². The van der Waals surface area contributed by atoms with Crippen molar-refractivity contribution >= 4 is 11.9 Å². The van der Waals surface area contributed by atoms with Crippen LogP contribution in [0, 0.1) is 11.3 Å². The van der Waals surface area contributed by atoms with E-state index in [1.54, 1.807) is 0 Å². The van der Waals surface area contributed by atoms with Crippen molar-refractivity contribution in [2.24, 2.45) is 22.8 Å². The molecule has 0 bridgehead atoms. The molecule has 6 heteroatoms. The van der Waals surface area contributed by atoms with E-state index in [0.29, 0.717) is 25.4 Å². The van der Waals surface area contributed by atoms with Crippen LogP contribution in [-0.4, -0.2) is 43.0 Å². The van der Waals surface area contributed by atoms with Crippen molar-refractivity contribution in [3.63, 3.8) is 0 Å². The first-order valence-electron chi connectivity index (χ1n) is 7.56. The Labute approximate surface area is 120 Å². The molecule has 5 N–H and O–H groups in total. The van der Waals surface area contributed by atoms with Crippen molar-refractivity contribution in [3.8, 4) is 0 Å². The molecule has 0 spiro atoms. The fourth-order valence-corrected chi connectivity index (χ4v) is 3.27. The van der Waals surface area contributed by atoms with E-state index in [-0.39, 0.29) is 11.3 Å². The highest BCUT2D eigenvalue weighted by Crippen LogP contribution is 2.43. The maximum absolute atomic E-state index is 12.4. The third-order valence-electron chi connectivity index (χ3n) is 4.81. The number of piperidine rings is 1. The van der Waals surface area contributed by atoms with Gasteiger partial charge in [-0.3, -0.25) is 4.79 Å². The molecule has 1 unspecified atom stereocenters. The molecule has 0 aromatic carbocycles. The third-order valence-corrected chi connectivity index (χ3v) is 4.81. The molecule has 1 heterocycles. The van der Waals surface area contributed by atoms with Crippen LogP contribution in [0.1, 0.15) is 38.5 Å². The van der Waals surface area contributed by atoms with Crippen molar-refractivity contribution in [2.45, 2.75) is 38.5 Å². The summed E-state index contributed by atoms with van der Waals surface area (Å²) in [7, 11) is 0. The van der Waals surface area contributed by atoms with Crippen molar-refractivity contribution in [3.05, 3.63) is 0 Å². The fraction of sp³-hybridized carbons (Fsp3) is 0.857. The molecule has 0 aromatic rings. The van der Waals surface area contributed by atoms with Gasteiger partial charge in [-0.05, 0) is 43.6 Å². The van der Waals surface area contributed by atoms with E-state index in [1.165, 1.54) is 6.42 Å². The molecule has 114 valence electrons. The number of nitrogens with one attached hydrogen (secondary N) is 1. The Bertz CT molecular complexity index is 363. The van der Waals surface area contributed by atoms with Gasteiger partial charge in [0.1, 0.15) is 0 Å². The second-order valence-electron chi connectivity index (χ2n) is 6.33. The van der Waals surface area contributed by atoms with Gasteiger partial charge in [-0.25, -0.2) is 4.79 Å². The monoisotopic (exact) mass is 282 g/mol. The van der Waals surface area contributed by atoms with Crippen molar-refractivity contribution in [1.82, 2.24) is 10.2 Å².